The van der Waals surface area contributed by atoms with E-state index in [1.807, 2.05) is 0 Å². The van der Waals surface area contributed by atoms with Gasteiger partial charge < -0.3 is 10.1 Å². The smallest absolute Gasteiger partial charge is 0.0488 e. The zero-order valence-electron chi connectivity index (χ0n) is 12.9. The first-order valence-corrected chi connectivity index (χ1v) is 7.52. The quantitative estimate of drug-likeness (QED) is 0.728. The molecule has 0 aromatic heterocycles. The van der Waals surface area contributed by atoms with E-state index in [1.165, 1.54) is 24.0 Å². The van der Waals surface area contributed by atoms with Crippen LogP contribution in [0.15, 0.2) is 24.3 Å². The Morgan fingerprint density at radius 3 is 2.68 bits per heavy atom. The van der Waals surface area contributed by atoms with Gasteiger partial charge in [0.05, 0.1) is 0 Å². The van der Waals surface area contributed by atoms with Crippen molar-refractivity contribution in [3.05, 3.63) is 35.4 Å². The van der Waals surface area contributed by atoms with Gasteiger partial charge in [-0.3, -0.25) is 0 Å². The SMILES string of the molecule is CCCc1cccc(C(CC(C)COC)NCC)c1. The molecule has 108 valence electrons. The topological polar surface area (TPSA) is 21.3 Å². The Kier molecular flexibility index (Phi) is 7.76. The molecule has 19 heavy (non-hydrogen) atoms. The first-order valence-electron chi connectivity index (χ1n) is 7.52. The molecule has 0 radical (unpaired) electrons. The van der Waals surface area contributed by atoms with E-state index in [2.05, 4.69) is 50.4 Å². The second-order valence-corrected chi connectivity index (χ2v) is 5.40. The van der Waals surface area contributed by atoms with Crippen molar-refractivity contribution < 1.29 is 4.74 Å². The molecule has 0 aliphatic heterocycles. The van der Waals surface area contributed by atoms with Gasteiger partial charge in [0, 0.05) is 19.8 Å². The van der Waals surface area contributed by atoms with Gasteiger partial charge in [-0.1, -0.05) is 51.5 Å². The fraction of sp³-hybridized carbons (Fsp3) is 0.647. The third kappa shape index (κ3) is 5.75. The van der Waals surface area contributed by atoms with Gasteiger partial charge in [-0.25, -0.2) is 0 Å². The number of ether oxygens (including phenoxy) is 1. The van der Waals surface area contributed by atoms with Gasteiger partial charge in [-0.05, 0) is 36.4 Å². The fourth-order valence-electron chi connectivity index (χ4n) is 2.59. The van der Waals surface area contributed by atoms with Crippen LogP contribution in [0.2, 0.25) is 0 Å². The molecule has 0 saturated heterocycles. The predicted octanol–water partition coefficient (Wildman–Crippen LogP) is 3.96. The van der Waals surface area contributed by atoms with Crippen molar-refractivity contribution in [1.29, 1.82) is 0 Å². The zero-order valence-corrected chi connectivity index (χ0v) is 12.9. The van der Waals surface area contributed by atoms with Crippen LogP contribution in [-0.2, 0) is 11.2 Å². The van der Waals surface area contributed by atoms with Crippen molar-refractivity contribution >= 4 is 0 Å². The summed E-state index contributed by atoms with van der Waals surface area (Å²) in [5, 5.41) is 3.60. The Morgan fingerprint density at radius 1 is 1.26 bits per heavy atom. The summed E-state index contributed by atoms with van der Waals surface area (Å²) in [7, 11) is 1.78. The number of nitrogens with one attached hydrogen (secondary N) is 1. The van der Waals surface area contributed by atoms with E-state index < -0.39 is 0 Å². The second kappa shape index (κ2) is 9.11. The lowest BCUT2D eigenvalue weighted by atomic mass is 9.94. The van der Waals surface area contributed by atoms with E-state index in [4.69, 9.17) is 4.74 Å². The molecule has 0 fully saturated rings. The van der Waals surface area contributed by atoms with Gasteiger partial charge in [0.1, 0.15) is 0 Å². The van der Waals surface area contributed by atoms with Crippen LogP contribution in [0.25, 0.3) is 0 Å². The Bertz CT molecular complexity index is 351. The highest BCUT2D eigenvalue weighted by Crippen LogP contribution is 2.23. The summed E-state index contributed by atoms with van der Waals surface area (Å²) in [5.74, 6) is 0.573. The molecule has 0 aliphatic rings. The summed E-state index contributed by atoms with van der Waals surface area (Å²) in [6.07, 6.45) is 3.49. The average molecular weight is 263 g/mol. The third-order valence-corrected chi connectivity index (χ3v) is 3.43. The lowest BCUT2D eigenvalue weighted by Gasteiger charge is -2.22. The molecule has 1 rings (SSSR count). The van der Waals surface area contributed by atoms with Crippen molar-refractivity contribution in [1.82, 2.24) is 5.32 Å². The van der Waals surface area contributed by atoms with Gasteiger partial charge in [0.2, 0.25) is 0 Å². The third-order valence-electron chi connectivity index (χ3n) is 3.43. The number of benzene rings is 1. The molecule has 0 amide bonds. The molecular weight excluding hydrogens is 234 g/mol. The average Bonchev–Trinajstić information content (AvgIpc) is 2.39. The first-order chi connectivity index (χ1) is 9.21. The highest BCUT2D eigenvalue weighted by molar-refractivity contribution is 5.26. The maximum absolute atomic E-state index is 5.25. The number of rotatable bonds is 9. The largest absolute Gasteiger partial charge is 0.384 e. The summed E-state index contributed by atoms with van der Waals surface area (Å²) in [4.78, 5) is 0. The second-order valence-electron chi connectivity index (χ2n) is 5.40. The maximum atomic E-state index is 5.25. The van der Waals surface area contributed by atoms with Crippen LogP contribution in [0, 0.1) is 5.92 Å². The summed E-state index contributed by atoms with van der Waals surface area (Å²) >= 11 is 0. The molecule has 0 bridgehead atoms. The Balaban J connectivity index is 2.76. The summed E-state index contributed by atoms with van der Waals surface area (Å²) in [6.45, 7) is 8.49. The highest BCUT2D eigenvalue weighted by Gasteiger charge is 2.14. The van der Waals surface area contributed by atoms with Gasteiger partial charge in [0.25, 0.3) is 0 Å². The van der Waals surface area contributed by atoms with Crippen LogP contribution in [0.4, 0.5) is 0 Å². The van der Waals surface area contributed by atoms with Crippen molar-refractivity contribution in [3.63, 3.8) is 0 Å². The minimum Gasteiger partial charge on any atom is -0.384 e. The van der Waals surface area contributed by atoms with E-state index >= 15 is 0 Å². The zero-order chi connectivity index (χ0) is 14.1. The molecule has 1 aromatic carbocycles. The molecule has 0 saturated carbocycles. The molecule has 2 unspecified atom stereocenters. The summed E-state index contributed by atoms with van der Waals surface area (Å²) in [5.41, 5.74) is 2.86. The van der Waals surface area contributed by atoms with Crippen LogP contribution in [0.5, 0.6) is 0 Å². The van der Waals surface area contributed by atoms with Crippen molar-refractivity contribution in [2.24, 2.45) is 5.92 Å². The van der Waals surface area contributed by atoms with Crippen LogP contribution in [-0.4, -0.2) is 20.3 Å². The number of aryl methyl sites for hydroxylation is 1. The van der Waals surface area contributed by atoms with Crippen LogP contribution in [0.3, 0.4) is 0 Å². The normalized spacial score (nSPS) is 14.3. The summed E-state index contributed by atoms with van der Waals surface area (Å²) in [6, 6.07) is 9.45. The van der Waals surface area contributed by atoms with E-state index in [1.54, 1.807) is 7.11 Å². The van der Waals surface area contributed by atoms with Crippen LogP contribution >= 0.6 is 0 Å². The minimum atomic E-state index is 0.437. The molecular formula is C17H29NO. The van der Waals surface area contributed by atoms with Crippen molar-refractivity contribution in [3.8, 4) is 0 Å². The minimum absolute atomic E-state index is 0.437. The molecule has 1 aromatic rings. The fourth-order valence-corrected chi connectivity index (χ4v) is 2.59. The first kappa shape index (κ1) is 16.2. The highest BCUT2D eigenvalue weighted by atomic mass is 16.5. The lowest BCUT2D eigenvalue weighted by Crippen LogP contribution is -2.24. The van der Waals surface area contributed by atoms with Crippen LogP contribution in [0.1, 0.15) is 50.8 Å². The van der Waals surface area contributed by atoms with E-state index in [0.29, 0.717) is 12.0 Å². The van der Waals surface area contributed by atoms with E-state index in [-0.39, 0.29) is 0 Å². The molecule has 2 nitrogen and oxygen atoms in total. The van der Waals surface area contributed by atoms with E-state index in [0.717, 1.165) is 19.6 Å². The monoisotopic (exact) mass is 263 g/mol. The Labute approximate surface area is 118 Å². The molecule has 1 N–H and O–H groups in total. The van der Waals surface area contributed by atoms with Gasteiger partial charge in [-0.2, -0.15) is 0 Å². The Morgan fingerprint density at radius 2 is 2.05 bits per heavy atom. The van der Waals surface area contributed by atoms with Gasteiger partial charge >= 0.3 is 0 Å². The standard InChI is InChI=1S/C17H29NO/c1-5-8-15-9-7-10-16(12-15)17(18-6-2)11-14(3)13-19-4/h7,9-10,12,14,17-18H,5-6,8,11,13H2,1-4H3. The lowest BCUT2D eigenvalue weighted by molar-refractivity contribution is 0.149. The number of methoxy groups -OCH3 is 1. The summed E-state index contributed by atoms with van der Waals surface area (Å²) < 4.78 is 5.25. The number of hydrogen-bond acceptors (Lipinski definition) is 2. The molecule has 0 aliphatic carbocycles. The van der Waals surface area contributed by atoms with Gasteiger partial charge in [0.15, 0.2) is 0 Å². The van der Waals surface area contributed by atoms with Crippen molar-refractivity contribution in [2.45, 2.75) is 46.1 Å². The van der Waals surface area contributed by atoms with Gasteiger partial charge in [-0.15, -0.1) is 0 Å². The molecule has 2 atom stereocenters. The van der Waals surface area contributed by atoms with Crippen molar-refractivity contribution in [2.75, 3.05) is 20.3 Å². The molecule has 0 heterocycles. The predicted molar refractivity (Wildman–Crippen MR) is 82.5 cm³/mol. The maximum Gasteiger partial charge on any atom is 0.0488 e. The molecule has 2 heteroatoms. The van der Waals surface area contributed by atoms with E-state index in [9.17, 15) is 0 Å². The van der Waals surface area contributed by atoms with Crippen LogP contribution < -0.4 is 5.32 Å². The number of hydrogen-bond donors (Lipinski definition) is 1. The molecule has 0 spiro atoms. The Hall–Kier alpha value is -0.860.